The molecule has 0 aliphatic rings. The number of aromatic nitrogens is 4. The molecule has 1 amide bonds. The summed E-state index contributed by atoms with van der Waals surface area (Å²) in [5.41, 5.74) is 8.11. The molecular formula is C28H25ClF3N7O2. The van der Waals surface area contributed by atoms with Crippen LogP contribution in [-0.4, -0.2) is 44.9 Å². The van der Waals surface area contributed by atoms with E-state index in [0.717, 1.165) is 27.4 Å². The van der Waals surface area contributed by atoms with Crippen molar-refractivity contribution in [1.82, 2.24) is 24.8 Å². The number of imidazole rings is 1. The zero-order chi connectivity index (χ0) is 29.0. The Hall–Kier alpha value is -4.42. The molecule has 0 aliphatic carbocycles. The van der Waals surface area contributed by atoms with Crippen molar-refractivity contribution in [1.29, 1.82) is 0 Å². The summed E-state index contributed by atoms with van der Waals surface area (Å²) in [6.45, 7) is 2.26. The van der Waals surface area contributed by atoms with Gasteiger partial charge in [-0.2, -0.15) is 0 Å². The fourth-order valence-corrected chi connectivity index (χ4v) is 4.65. The standard InChI is InChI=1S/C28H25ClF3N7O2/c29-23-11-17(1-4-25(23)41-28(30,31)32)13-34-7-5-19-15-39(16-37-19)10-9-36-27-21-6-8-35-14-22(21)20-3-2-18(26(33)40)12-24(20)38-27/h1-4,6,8,11-12,14-16,34H,5,7,9-10,13H2,(H2,33,40)(H,36,38). The molecule has 0 atom stereocenters. The van der Waals surface area contributed by atoms with Gasteiger partial charge in [-0.3, -0.25) is 9.78 Å². The van der Waals surface area contributed by atoms with Crippen molar-refractivity contribution in [2.75, 3.05) is 18.4 Å². The molecule has 13 heteroatoms. The molecule has 5 aromatic rings. The van der Waals surface area contributed by atoms with Gasteiger partial charge in [0.2, 0.25) is 5.91 Å². The highest BCUT2D eigenvalue weighted by Gasteiger charge is 2.32. The molecule has 3 heterocycles. The number of amides is 1. The average molecular weight is 584 g/mol. The molecule has 0 saturated carbocycles. The first kappa shape index (κ1) is 28.1. The lowest BCUT2D eigenvalue weighted by atomic mass is 10.1. The van der Waals surface area contributed by atoms with Crippen LogP contribution in [0.2, 0.25) is 5.02 Å². The Morgan fingerprint density at radius 3 is 2.71 bits per heavy atom. The molecule has 0 saturated heterocycles. The summed E-state index contributed by atoms with van der Waals surface area (Å²) in [6, 6.07) is 11.3. The number of alkyl halides is 3. The lowest BCUT2D eigenvalue weighted by Crippen LogP contribution is -2.18. The topological polar surface area (TPSA) is 120 Å². The quantitative estimate of drug-likeness (QED) is 0.147. The number of rotatable bonds is 11. The first-order chi connectivity index (χ1) is 19.7. The van der Waals surface area contributed by atoms with E-state index in [9.17, 15) is 18.0 Å². The molecule has 3 aromatic heterocycles. The fraction of sp³-hybridized carbons (Fsp3) is 0.214. The number of nitrogens with two attached hydrogens (primary N) is 1. The molecule has 0 bridgehead atoms. The first-order valence-corrected chi connectivity index (χ1v) is 13.0. The van der Waals surface area contributed by atoms with E-state index in [1.54, 1.807) is 30.9 Å². The maximum absolute atomic E-state index is 12.4. The summed E-state index contributed by atoms with van der Waals surface area (Å²) >= 11 is 5.91. The van der Waals surface area contributed by atoms with Gasteiger partial charge < -0.3 is 25.7 Å². The number of pyridine rings is 2. The van der Waals surface area contributed by atoms with Crippen LogP contribution in [-0.2, 0) is 19.5 Å². The predicted octanol–water partition coefficient (Wildman–Crippen LogP) is 5.07. The van der Waals surface area contributed by atoms with Crippen LogP contribution in [0.5, 0.6) is 5.75 Å². The third-order valence-corrected chi connectivity index (χ3v) is 6.63. The molecule has 0 unspecified atom stereocenters. The van der Waals surface area contributed by atoms with Crippen LogP contribution in [0.3, 0.4) is 0 Å². The van der Waals surface area contributed by atoms with Crippen molar-refractivity contribution in [3.63, 3.8) is 0 Å². The Morgan fingerprint density at radius 2 is 1.93 bits per heavy atom. The van der Waals surface area contributed by atoms with E-state index in [0.29, 0.717) is 49.5 Å². The third kappa shape index (κ3) is 7.02. The van der Waals surface area contributed by atoms with E-state index in [1.807, 2.05) is 22.9 Å². The molecular weight excluding hydrogens is 559 g/mol. The van der Waals surface area contributed by atoms with Gasteiger partial charge in [0, 0.05) is 72.9 Å². The summed E-state index contributed by atoms with van der Waals surface area (Å²) < 4.78 is 43.1. The number of nitrogens with one attached hydrogen (secondary N) is 2. The highest BCUT2D eigenvalue weighted by Crippen LogP contribution is 2.31. The molecule has 2 aromatic carbocycles. The van der Waals surface area contributed by atoms with Crippen LogP contribution in [0.25, 0.3) is 21.7 Å². The van der Waals surface area contributed by atoms with Crippen LogP contribution in [0.4, 0.5) is 19.0 Å². The predicted molar refractivity (Wildman–Crippen MR) is 150 cm³/mol. The van der Waals surface area contributed by atoms with Gasteiger partial charge in [-0.1, -0.05) is 23.7 Å². The summed E-state index contributed by atoms with van der Waals surface area (Å²) in [5.74, 6) is -0.264. The number of primary amides is 1. The van der Waals surface area contributed by atoms with Crippen molar-refractivity contribution in [3.8, 4) is 5.75 Å². The molecule has 5 rings (SSSR count). The summed E-state index contributed by atoms with van der Waals surface area (Å²) in [5, 5.41) is 9.23. The number of hydrogen-bond acceptors (Lipinski definition) is 7. The van der Waals surface area contributed by atoms with Crippen LogP contribution in [0, 0.1) is 0 Å². The Labute approximate surface area is 237 Å². The number of carbonyl (C=O) groups is 1. The van der Waals surface area contributed by atoms with Crippen LogP contribution >= 0.6 is 11.6 Å². The maximum atomic E-state index is 12.4. The summed E-state index contributed by atoms with van der Waals surface area (Å²) in [4.78, 5) is 25.1. The van der Waals surface area contributed by atoms with Gasteiger partial charge in [0.05, 0.1) is 22.6 Å². The number of fused-ring (bicyclic) bond motifs is 3. The Morgan fingerprint density at radius 1 is 1.07 bits per heavy atom. The Bertz CT molecular complexity index is 1710. The van der Waals surface area contributed by atoms with Gasteiger partial charge >= 0.3 is 6.36 Å². The molecule has 212 valence electrons. The number of nitrogens with zero attached hydrogens (tertiary/aromatic N) is 4. The van der Waals surface area contributed by atoms with E-state index < -0.39 is 18.0 Å². The highest BCUT2D eigenvalue weighted by molar-refractivity contribution is 6.32. The summed E-state index contributed by atoms with van der Waals surface area (Å²) in [7, 11) is 0. The minimum absolute atomic E-state index is 0.104. The van der Waals surface area contributed by atoms with Gasteiger partial charge in [-0.05, 0) is 35.9 Å². The normalized spacial score (nSPS) is 11.7. The molecule has 0 fully saturated rings. The Kier molecular flexibility index (Phi) is 8.22. The van der Waals surface area contributed by atoms with E-state index in [2.05, 4.69) is 25.3 Å². The number of anilines is 1. The van der Waals surface area contributed by atoms with Gasteiger partial charge in [0.1, 0.15) is 11.6 Å². The minimum atomic E-state index is -4.79. The molecule has 41 heavy (non-hydrogen) atoms. The molecule has 0 aliphatic heterocycles. The number of ether oxygens (including phenoxy) is 1. The SMILES string of the molecule is NC(=O)c1ccc2c(c1)nc(NCCn1cnc(CCNCc3ccc(OC(F)(F)F)c(Cl)c3)c1)c1ccncc12. The lowest BCUT2D eigenvalue weighted by molar-refractivity contribution is -0.274. The lowest BCUT2D eigenvalue weighted by Gasteiger charge is -2.12. The van der Waals surface area contributed by atoms with Crippen molar-refractivity contribution in [2.24, 2.45) is 5.73 Å². The fourth-order valence-electron chi connectivity index (χ4n) is 4.41. The highest BCUT2D eigenvalue weighted by atomic mass is 35.5. The largest absolute Gasteiger partial charge is 0.573 e. The van der Waals surface area contributed by atoms with Crippen LogP contribution in [0.15, 0.2) is 67.4 Å². The monoisotopic (exact) mass is 583 g/mol. The molecule has 0 spiro atoms. The van der Waals surface area contributed by atoms with Crippen molar-refractivity contribution >= 4 is 45.0 Å². The van der Waals surface area contributed by atoms with E-state index in [4.69, 9.17) is 22.3 Å². The summed E-state index contributed by atoms with van der Waals surface area (Å²) in [6.07, 6.45) is 3.07. The van der Waals surface area contributed by atoms with Crippen molar-refractivity contribution in [2.45, 2.75) is 25.9 Å². The van der Waals surface area contributed by atoms with Crippen molar-refractivity contribution in [3.05, 3.63) is 89.2 Å². The van der Waals surface area contributed by atoms with E-state index >= 15 is 0 Å². The number of benzene rings is 2. The van der Waals surface area contributed by atoms with Gasteiger partial charge in [0.25, 0.3) is 0 Å². The zero-order valence-corrected chi connectivity index (χ0v) is 22.3. The third-order valence-electron chi connectivity index (χ3n) is 6.34. The average Bonchev–Trinajstić information content (AvgIpc) is 3.39. The van der Waals surface area contributed by atoms with Crippen LogP contribution in [0.1, 0.15) is 21.6 Å². The second-order valence-electron chi connectivity index (χ2n) is 9.25. The first-order valence-electron chi connectivity index (χ1n) is 12.6. The minimum Gasteiger partial charge on any atom is -0.404 e. The van der Waals surface area contributed by atoms with Crippen LogP contribution < -0.4 is 21.1 Å². The van der Waals surface area contributed by atoms with E-state index in [-0.39, 0.29) is 5.02 Å². The second kappa shape index (κ2) is 12.0. The van der Waals surface area contributed by atoms with Crippen molar-refractivity contribution < 1.29 is 22.7 Å². The Balaban J connectivity index is 1.14. The van der Waals surface area contributed by atoms with E-state index in [1.165, 1.54) is 18.2 Å². The molecule has 0 radical (unpaired) electrons. The smallest absolute Gasteiger partial charge is 0.404 e. The second-order valence-corrected chi connectivity index (χ2v) is 9.65. The molecule has 9 nitrogen and oxygen atoms in total. The van der Waals surface area contributed by atoms with Gasteiger partial charge in [-0.25, -0.2) is 9.97 Å². The van der Waals surface area contributed by atoms with Gasteiger partial charge in [-0.15, -0.1) is 13.2 Å². The number of halogens is 4. The zero-order valence-electron chi connectivity index (χ0n) is 21.6. The molecule has 4 N–H and O–H groups in total. The van der Waals surface area contributed by atoms with Gasteiger partial charge in [0.15, 0.2) is 0 Å². The number of carbonyl (C=O) groups excluding carboxylic acids is 1. The maximum Gasteiger partial charge on any atom is 0.573 e. The number of hydrogen-bond donors (Lipinski definition) is 3.